The van der Waals surface area contributed by atoms with Gasteiger partial charge >= 0.3 is 5.69 Å². The number of fused-ring (bicyclic) bond motifs is 2. The summed E-state index contributed by atoms with van der Waals surface area (Å²) < 4.78 is 27.7. The molecule has 1 aliphatic rings. The molecule has 0 saturated carbocycles. The lowest BCUT2D eigenvalue weighted by Crippen LogP contribution is -2.42. The van der Waals surface area contributed by atoms with Gasteiger partial charge in [0.1, 0.15) is 0 Å². The van der Waals surface area contributed by atoms with Crippen molar-refractivity contribution in [1.29, 1.82) is 0 Å². The van der Waals surface area contributed by atoms with Gasteiger partial charge in [-0.2, -0.15) is 4.31 Å². The van der Waals surface area contributed by atoms with E-state index in [9.17, 15) is 13.2 Å². The summed E-state index contributed by atoms with van der Waals surface area (Å²) in [5, 5.41) is 0. The van der Waals surface area contributed by atoms with E-state index in [1.165, 1.54) is 22.0 Å². The van der Waals surface area contributed by atoms with Crippen LogP contribution in [0.5, 0.6) is 0 Å². The fourth-order valence-electron chi connectivity index (χ4n) is 3.28. The second-order valence-electron chi connectivity index (χ2n) is 6.16. The number of hydrogen-bond donors (Lipinski definition) is 2. The van der Waals surface area contributed by atoms with Crippen LogP contribution in [-0.2, 0) is 23.0 Å². The van der Waals surface area contributed by atoms with Crippen molar-refractivity contribution >= 4 is 21.1 Å². The van der Waals surface area contributed by atoms with Crippen LogP contribution in [0.1, 0.15) is 18.1 Å². The number of imidazole rings is 1. The van der Waals surface area contributed by atoms with Crippen molar-refractivity contribution in [2.45, 2.75) is 30.8 Å². The second kappa shape index (κ2) is 5.32. The van der Waals surface area contributed by atoms with Crippen LogP contribution >= 0.6 is 0 Å². The van der Waals surface area contributed by atoms with Gasteiger partial charge in [-0.15, -0.1) is 0 Å². The first kappa shape index (κ1) is 15.2. The molecule has 7 heteroatoms. The maximum absolute atomic E-state index is 13.1. The summed E-state index contributed by atoms with van der Waals surface area (Å²) in [7, 11) is -3.64. The Morgan fingerprint density at radius 2 is 1.75 bits per heavy atom. The Morgan fingerprint density at radius 1 is 1.04 bits per heavy atom. The molecule has 124 valence electrons. The van der Waals surface area contributed by atoms with Crippen LogP contribution in [0, 0.1) is 0 Å². The van der Waals surface area contributed by atoms with Gasteiger partial charge < -0.3 is 9.97 Å². The maximum Gasteiger partial charge on any atom is 0.323 e. The summed E-state index contributed by atoms with van der Waals surface area (Å²) in [5.41, 5.74) is 2.97. The largest absolute Gasteiger partial charge is 0.323 e. The van der Waals surface area contributed by atoms with Crippen molar-refractivity contribution < 1.29 is 8.42 Å². The molecular weight excluding hydrogens is 326 g/mol. The number of nitrogens with zero attached hydrogens (tertiary/aromatic N) is 1. The minimum absolute atomic E-state index is 0.120. The lowest BCUT2D eigenvalue weighted by Gasteiger charge is -2.33. The first-order valence-electron chi connectivity index (χ1n) is 7.76. The molecule has 3 aromatic rings. The SMILES string of the molecule is CC1Cc2ccccc2CN1S(=O)(=O)c1ccc2[nH]c(=O)[nH]c2c1. The molecule has 0 amide bonds. The number of aromatic amines is 2. The molecule has 4 rings (SSSR count). The summed E-state index contributed by atoms with van der Waals surface area (Å²) in [6, 6.07) is 12.5. The summed E-state index contributed by atoms with van der Waals surface area (Å²) >= 11 is 0. The smallest absolute Gasteiger partial charge is 0.306 e. The van der Waals surface area contributed by atoms with Crippen molar-refractivity contribution in [2.24, 2.45) is 0 Å². The second-order valence-corrected chi connectivity index (χ2v) is 8.05. The average molecular weight is 343 g/mol. The Labute approximate surface area is 139 Å². The van der Waals surface area contributed by atoms with Crippen LogP contribution in [0.15, 0.2) is 52.2 Å². The van der Waals surface area contributed by atoms with Crippen molar-refractivity contribution in [3.63, 3.8) is 0 Å². The Bertz CT molecular complexity index is 1080. The summed E-state index contributed by atoms with van der Waals surface area (Å²) in [5.74, 6) is 0. The van der Waals surface area contributed by atoms with Crippen LogP contribution in [-0.4, -0.2) is 28.7 Å². The highest BCUT2D eigenvalue weighted by atomic mass is 32.2. The van der Waals surface area contributed by atoms with Gasteiger partial charge in [0.25, 0.3) is 0 Å². The lowest BCUT2D eigenvalue weighted by molar-refractivity contribution is 0.309. The van der Waals surface area contributed by atoms with E-state index in [0.29, 0.717) is 24.0 Å². The zero-order valence-electron chi connectivity index (χ0n) is 13.1. The van der Waals surface area contributed by atoms with E-state index in [1.807, 2.05) is 31.2 Å². The molecular formula is C17H17N3O3S. The van der Waals surface area contributed by atoms with Crippen LogP contribution in [0.25, 0.3) is 11.0 Å². The maximum atomic E-state index is 13.1. The Kier molecular flexibility index (Phi) is 3.36. The predicted octanol–water partition coefficient (Wildman–Crippen LogP) is 1.99. The lowest BCUT2D eigenvalue weighted by atomic mass is 9.97. The third-order valence-corrected chi connectivity index (χ3v) is 6.50. The molecule has 2 aromatic carbocycles. The summed E-state index contributed by atoms with van der Waals surface area (Å²) in [6.07, 6.45) is 0.693. The molecule has 0 fully saturated rings. The van der Waals surface area contributed by atoms with Crippen LogP contribution in [0.2, 0.25) is 0 Å². The minimum Gasteiger partial charge on any atom is -0.306 e. The number of nitrogens with one attached hydrogen (secondary N) is 2. The highest BCUT2D eigenvalue weighted by Gasteiger charge is 2.33. The fourth-order valence-corrected chi connectivity index (χ4v) is 4.92. The van der Waals surface area contributed by atoms with Crippen LogP contribution in [0.4, 0.5) is 0 Å². The normalized spacial score (nSPS) is 18.6. The molecule has 1 atom stereocenters. The summed E-state index contributed by atoms with van der Waals surface area (Å²) in [6.45, 7) is 2.28. The van der Waals surface area contributed by atoms with Gasteiger partial charge in [-0.3, -0.25) is 0 Å². The summed E-state index contributed by atoms with van der Waals surface area (Å²) in [4.78, 5) is 16.8. The number of sulfonamides is 1. The van der Waals surface area contributed by atoms with Crippen molar-refractivity contribution in [1.82, 2.24) is 14.3 Å². The van der Waals surface area contributed by atoms with E-state index < -0.39 is 10.0 Å². The Balaban J connectivity index is 1.77. The highest BCUT2D eigenvalue weighted by Crippen LogP contribution is 2.29. The molecule has 1 aromatic heterocycles. The van der Waals surface area contributed by atoms with Gasteiger partial charge in [-0.05, 0) is 42.7 Å². The molecule has 0 aliphatic carbocycles. The van der Waals surface area contributed by atoms with Crippen LogP contribution < -0.4 is 5.69 Å². The number of aromatic nitrogens is 2. The van der Waals surface area contributed by atoms with Gasteiger partial charge in [0.05, 0.1) is 15.9 Å². The number of H-pyrrole nitrogens is 2. The standard InChI is InChI=1S/C17H17N3O3S/c1-11-8-12-4-2-3-5-13(12)10-20(11)24(22,23)14-6-7-15-16(9-14)19-17(21)18-15/h2-7,9,11H,8,10H2,1H3,(H2,18,19,21). The zero-order chi connectivity index (χ0) is 16.9. The van der Waals surface area contributed by atoms with Crippen molar-refractivity contribution in [2.75, 3.05) is 0 Å². The van der Waals surface area contributed by atoms with Gasteiger partial charge in [0.15, 0.2) is 0 Å². The van der Waals surface area contributed by atoms with E-state index in [2.05, 4.69) is 9.97 Å². The molecule has 1 unspecified atom stereocenters. The van der Waals surface area contributed by atoms with E-state index in [0.717, 1.165) is 5.56 Å². The molecule has 0 spiro atoms. The molecule has 24 heavy (non-hydrogen) atoms. The number of benzene rings is 2. The average Bonchev–Trinajstić information content (AvgIpc) is 2.93. The van der Waals surface area contributed by atoms with Gasteiger partial charge in [0.2, 0.25) is 10.0 Å². The zero-order valence-corrected chi connectivity index (χ0v) is 13.9. The molecule has 0 radical (unpaired) electrons. The molecule has 1 aliphatic heterocycles. The Hall–Kier alpha value is -2.38. The topological polar surface area (TPSA) is 86.0 Å². The monoisotopic (exact) mass is 343 g/mol. The van der Waals surface area contributed by atoms with E-state index in [1.54, 1.807) is 6.07 Å². The first-order chi connectivity index (χ1) is 11.4. The van der Waals surface area contributed by atoms with E-state index >= 15 is 0 Å². The number of rotatable bonds is 2. The van der Waals surface area contributed by atoms with E-state index in [-0.39, 0.29) is 16.6 Å². The van der Waals surface area contributed by atoms with Gasteiger partial charge in [-0.25, -0.2) is 13.2 Å². The van der Waals surface area contributed by atoms with Gasteiger partial charge in [-0.1, -0.05) is 24.3 Å². The van der Waals surface area contributed by atoms with Gasteiger partial charge in [0, 0.05) is 12.6 Å². The third kappa shape index (κ3) is 2.37. The molecule has 2 heterocycles. The van der Waals surface area contributed by atoms with E-state index in [4.69, 9.17) is 0 Å². The highest BCUT2D eigenvalue weighted by molar-refractivity contribution is 7.89. The number of hydrogen-bond acceptors (Lipinski definition) is 3. The van der Waals surface area contributed by atoms with Crippen molar-refractivity contribution in [3.8, 4) is 0 Å². The molecule has 2 N–H and O–H groups in total. The fraction of sp³-hybridized carbons (Fsp3) is 0.235. The molecule has 6 nitrogen and oxygen atoms in total. The minimum atomic E-state index is -3.64. The molecule has 0 saturated heterocycles. The first-order valence-corrected chi connectivity index (χ1v) is 9.20. The quantitative estimate of drug-likeness (QED) is 0.746. The van der Waals surface area contributed by atoms with Crippen molar-refractivity contribution in [3.05, 3.63) is 64.1 Å². The predicted molar refractivity (Wildman–Crippen MR) is 91.3 cm³/mol. The third-order valence-electron chi connectivity index (χ3n) is 4.55. The Morgan fingerprint density at radius 3 is 2.54 bits per heavy atom. The molecule has 0 bridgehead atoms. The van der Waals surface area contributed by atoms with Crippen LogP contribution in [0.3, 0.4) is 0 Å².